The number of nitrogen functional groups attached to an aromatic ring is 2. The maximum absolute atomic E-state index is 8.74. The zero-order valence-corrected chi connectivity index (χ0v) is 95.7. The van der Waals surface area contributed by atoms with Gasteiger partial charge in [-0.15, -0.1) is 20.4 Å². The zero-order chi connectivity index (χ0) is 91.8. The summed E-state index contributed by atoms with van der Waals surface area (Å²) in [7, 11) is -3.35. The van der Waals surface area contributed by atoms with E-state index in [0.717, 1.165) is 26.2 Å². The summed E-state index contributed by atoms with van der Waals surface area (Å²) >= 11 is 29.2. The van der Waals surface area contributed by atoms with Crippen molar-refractivity contribution < 1.29 is 185 Å². The number of nitrogens with two attached hydrogens (primary N) is 2. The van der Waals surface area contributed by atoms with Crippen LogP contribution >= 0.6 is 89.7 Å². The predicted molar refractivity (Wildman–Crippen MR) is 553 cm³/mol. The van der Waals surface area contributed by atoms with Gasteiger partial charge < -0.3 is 53.5 Å². The Hall–Kier alpha value is -6.43. The van der Waals surface area contributed by atoms with Crippen molar-refractivity contribution in [3.63, 3.8) is 0 Å². The van der Waals surface area contributed by atoms with Gasteiger partial charge in [-0.1, -0.05) is 446 Å². The third kappa shape index (κ3) is 35.4. The summed E-state index contributed by atoms with van der Waals surface area (Å²) < 4.78 is 0. The zero-order valence-electron chi connectivity index (χ0n) is 75.2. The van der Waals surface area contributed by atoms with Crippen LogP contribution < -0.4 is 244 Å². The summed E-state index contributed by atoms with van der Waals surface area (Å²) in [6, 6.07) is 141. The van der Waals surface area contributed by atoms with Gasteiger partial charge in [-0.25, -0.2) is 0 Å². The second kappa shape index (κ2) is 61.1. The second-order valence-corrected chi connectivity index (χ2v) is 40.4. The fourth-order valence-corrected chi connectivity index (χ4v) is 24.3. The summed E-state index contributed by atoms with van der Waals surface area (Å²) in [5, 5.41) is 67.3. The van der Waals surface area contributed by atoms with Crippen LogP contribution in [-0.4, -0.2) is 104 Å². The molecule has 17 nitrogen and oxygen atoms in total. The summed E-state index contributed by atoms with van der Waals surface area (Å²) in [4.78, 5) is 23.9. The van der Waals surface area contributed by atoms with Gasteiger partial charge in [-0.3, -0.25) is 4.79 Å². The molecule has 0 spiro atoms. The van der Waals surface area contributed by atoms with Gasteiger partial charge in [0.2, 0.25) is 11.9 Å². The maximum atomic E-state index is 8.74. The molecule has 2 aliphatic rings. The van der Waals surface area contributed by atoms with Gasteiger partial charge in [0.15, 0.2) is 16.8 Å². The minimum absolute atomic E-state index is 0. The van der Waals surface area contributed by atoms with Crippen molar-refractivity contribution in [2.24, 2.45) is 0 Å². The molecule has 0 aliphatic carbocycles. The summed E-state index contributed by atoms with van der Waals surface area (Å²) in [6.07, 6.45) is 0. The van der Waals surface area contributed by atoms with Crippen molar-refractivity contribution in [1.29, 1.82) is 0 Å². The average Bonchev–Trinajstić information content (AvgIpc) is 0.791. The first kappa shape index (κ1) is 112. The van der Waals surface area contributed by atoms with Crippen LogP contribution in [0.15, 0.2) is 400 Å². The molecule has 0 radical (unpaired) electrons. The van der Waals surface area contributed by atoms with Crippen molar-refractivity contribution >= 4 is 196 Å². The molecule has 2 aliphatic heterocycles. The summed E-state index contributed by atoms with van der Waals surface area (Å²) in [5.41, 5.74) is 13.0. The molecule has 672 valence electrons. The van der Waals surface area contributed by atoms with Crippen LogP contribution in [0.1, 0.15) is 29.1 Å². The molecule has 8 N–H and O–H groups in total. The molecular formula is C103H100BCl5Cs2N12O5P4Pd. The van der Waals surface area contributed by atoms with Crippen LogP contribution in [-0.2, 0) is 30.1 Å². The van der Waals surface area contributed by atoms with E-state index in [-0.39, 0.29) is 193 Å². The fourth-order valence-electron chi connectivity index (χ4n) is 14.2. The number of carbonyl (C=O) groups excluding carboxylic acids is 1. The molecule has 16 aromatic rings. The van der Waals surface area contributed by atoms with Gasteiger partial charge in [0.05, 0.1) is 20.1 Å². The number of halogens is 5. The summed E-state index contributed by atoms with van der Waals surface area (Å²) in [5.74, 6) is 1.59. The van der Waals surface area contributed by atoms with E-state index >= 15 is 0 Å². The number of nitrogens with zero attached hydrogens (tertiary/aromatic N) is 8. The van der Waals surface area contributed by atoms with Gasteiger partial charge in [0.1, 0.15) is 5.69 Å². The first-order valence-electron chi connectivity index (χ1n) is 41.8. The van der Waals surface area contributed by atoms with Crippen molar-refractivity contribution in [1.82, 2.24) is 41.0 Å². The van der Waals surface area contributed by atoms with Gasteiger partial charge in [0.25, 0.3) is 6.47 Å². The number of carbonyl (C=O) groups is 1. The van der Waals surface area contributed by atoms with Crippen LogP contribution in [0, 0.1) is 0 Å². The van der Waals surface area contributed by atoms with Gasteiger partial charge in [0, 0.05) is 81.8 Å². The predicted octanol–water partition coefficient (Wildman–Crippen LogP) is 9.91. The molecular weight excluding hydrogens is 2170 g/mol. The van der Waals surface area contributed by atoms with E-state index in [9.17, 15) is 0 Å². The number of hydrogen-bond donors (Lipinski definition) is 6. The Balaban J connectivity index is 0.000000212. The van der Waals surface area contributed by atoms with E-state index in [2.05, 4.69) is 447 Å². The normalized spacial score (nSPS) is 13.8. The smallest absolute Gasteiger partial charge is 1.00 e. The second-order valence-electron chi connectivity index (χ2n) is 29.6. The van der Waals surface area contributed by atoms with Crippen LogP contribution in [0.4, 0.5) is 23.5 Å². The van der Waals surface area contributed by atoms with Crippen molar-refractivity contribution in [2.45, 2.75) is 51.9 Å². The van der Waals surface area contributed by atoms with Gasteiger partial charge in [-0.05, 0) is 135 Å². The summed E-state index contributed by atoms with van der Waals surface area (Å²) in [6.45, 7) is 11.6. The molecule has 0 amide bonds. The molecule has 18 rings (SSSR count). The topological polar surface area (TPSA) is 250 Å². The Morgan fingerprint density at radius 3 is 0.782 bits per heavy atom. The van der Waals surface area contributed by atoms with Crippen molar-refractivity contribution in [2.75, 3.05) is 47.4 Å². The molecule has 0 unspecified atom stereocenters. The molecule has 2 saturated heterocycles. The van der Waals surface area contributed by atoms with E-state index in [1.807, 2.05) is 0 Å². The van der Waals surface area contributed by atoms with E-state index in [4.69, 9.17) is 89.6 Å². The minimum atomic E-state index is -1.57. The quantitative estimate of drug-likeness (QED) is 0.0163. The number of piperazine rings is 2. The Morgan fingerprint density at radius 1 is 0.353 bits per heavy atom. The van der Waals surface area contributed by atoms with E-state index in [1.165, 1.54) is 69.7 Å². The third-order valence-electron chi connectivity index (χ3n) is 19.7. The monoisotopic (exact) mass is 2270 g/mol. The fraction of sp³-hybridized carbons (Fsp3) is 0.117. The molecule has 0 saturated carbocycles. The average molecular weight is 2270 g/mol. The van der Waals surface area contributed by atoms with Gasteiger partial charge in [-0.2, -0.15) is 9.97 Å². The van der Waals surface area contributed by atoms with Crippen LogP contribution in [0.3, 0.4) is 0 Å². The Labute approximate surface area is 943 Å². The van der Waals surface area contributed by atoms with E-state index < -0.39 is 38.8 Å². The molecule has 2 aromatic heterocycles. The minimum Gasteiger partial charge on any atom is -1.00 e. The van der Waals surface area contributed by atoms with E-state index in [0.29, 0.717) is 62.4 Å². The Morgan fingerprint density at radius 2 is 0.571 bits per heavy atom. The Kier molecular flexibility index (Phi) is 51.4. The number of rotatable bonds is 17. The number of hydrogen-bond acceptors (Lipinski definition) is 17. The third-order valence-corrected chi connectivity index (χ3v) is 31.4. The molecule has 0 bridgehead atoms. The van der Waals surface area contributed by atoms with E-state index in [1.54, 1.807) is 30.3 Å². The maximum Gasteiger partial charge on any atom is 1.00 e. The molecule has 4 heterocycles. The van der Waals surface area contributed by atoms with Crippen LogP contribution in [0.5, 0.6) is 0 Å². The first-order chi connectivity index (χ1) is 63.3. The number of benzene rings is 14. The Bertz CT molecular complexity index is 5150. The molecule has 4 atom stereocenters. The molecule has 2 fully saturated rings. The van der Waals surface area contributed by atoms with Crippen LogP contribution in [0.2, 0.25) is 25.2 Å². The molecule has 30 heteroatoms. The standard InChI is InChI=1S/4C18H15P.C15H18Cl2N6.C9H15ClN6.C6H5BCl2O2.CH2O3.2Cs.Pd.H/c4*1-4-10-16(11-5-1)19(17-12-6-2-7-13-17)18-14-8-3-9-15-18;1-8-6-23(7-9(2)19-8)15-20-14(18)13(21-22-15)10-4-3-5-11(16)12(10)17;1-5-3-16(4-6(2)12-5)9-13-8(11)7(10)14-15-9;8-5-3-1-2-4(6(5)9)7(10)11;2-1-4-3;;;;/h4*1-15H;3-5,8-9,19H,6-7H2,1-2H3,(H2,18,20,22);5-6,12H,3-4H2,1-2H3,(H2,11,13,15);1-3,10-11H;1,3H;;;;/q;;;;;;;;2*+1;;-1/p-1/t;;;;8-,9+;5-,6+;;;;;;. The largest absolute Gasteiger partial charge is 1.00 e. The first-order valence-corrected chi connectivity index (χ1v) is 49.1. The number of nitrogens with one attached hydrogen (secondary N) is 2. The number of aromatic nitrogens is 6. The van der Waals surface area contributed by atoms with Crippen LogP contribution in [0.25, 0.3) is 11.3 Å². The SMILES string of the molecule is C[C@@H]1CN(c2nnc(-c3cccc(Cl)c3Cl)c(N)n2)C[C@H](C)N1.C[C@@H]1CN(c2nnc(Cl)c(N)n2)C[C@H](C)N1.O=CO[O-].OB(O)c1cccc(Cl)c1Cl.[Cs+].[Cs+].[H-].[Pd].c1ccc(P(c2ccccc2)c2ccccc2)cc1.c1ccc(P(c2ccccc2)c2ccccc2)cc1.c1ccc(P(c2ccccc2)c2ccccc2)cc1.c1ccc(P(c2ccccc2)c2ccccc2)cc1. The van der Waals surface area contributed by atoms with Gasteiger partial charge >= 0.3 is 145 Å². The molecule has 133 heavy (non-hydrogen) atoms. The van der Waals surface area contributed by atoms with Crippen molar-refractivity contribution in [3.05, 3.63) is 426 Å². The van der Waals surface area contributed by atoms with Crippen molar-refractivity contribution in [3.8, 4) is 11.3 Å². The number of anilines is 4. The molecule has 14 aromatic carbocycles.